The predicted molar refractivity (Wildman–Crippen MR) is 148 cm³/mol. The van der Waals surface area contributed by atoms with Crippen molar-refractivity contribution in [1.29, 1.82) is 0 Å². The maximum atomic E-state index is 5.76. The molecule has 0 unspecified atom stereocenters. The summed E-state index contributed by atoms with van der Waals surface area (Å²) in [5.74, 6) is 1.94. The van der Waals surface area contributed by atoms with Gasteiger partial charge in [0.25, 0.3) is 0 Å². The second-order valence-corrected chi connectivity index (χ2v) is 8.94. The molecule has 1 aliphatic heterocycles. The third-order valence-electron chi connectivity index (χ3n) is 6.42. The molecule has 1 aromatic heterocycles. The Hall–Kier alpha value is -2.90. The number of hydrogen-bond acceptors (Lipinski definition) is 5. The van der Waals surface area contributed by atoms with E-state index in [0.29, 0.717) is 11.7 Å². The molecule has 34 heavy (non-hydrogen) atoms. The molecule has 2 aromatic carbocycles. The molecule has 0 amide bonds. The van der Waals surface area contributed by atoms with Crippen LogP contribution in [0.5, 0.6) is 5.75 Å². The van der Waals surface area contributed by atoms with Crippen LogP contribution in [0.25, 0.3) is 10.9 Å². The minimum Gasteiger partial charge on any atom is -0.494 e. The highest BCUT2D eigenvalue weighted by atomic mass is 32.1. The number of piperazine rings is 1. The first kappa shape index (κ1) is 24.2. The number of anilines is 3. The van der Waals surface area contributed by atoms with Gasteiger partial charge in [-0.25, -0.2) is 4.98 Å². The summed E-state index contributed by atoms with van der Waals surface area (Å²) in [7, 11) is 0. The summed E-state index contributed by atoms with van der Waals surface area (Å²) in [5, 5.41) is 5.24. The minimum absolute atomic E-state index is 0.657. The number of hydrogen-bond donors (Lipinski definition) is 1. The van der Waals surface area contributed by atoms with Crippen LogP contribution in [0.2, 0.25) is 0 Å². The molecule has 1 N–H and O–H groups in total. The van der Waals surface area contributed by atoms with Crippen molar-refractivity contribution in [2.75, 3.05) is 61.0 Å². The van der Waals surface area contributed by atoms with Crippen molar-refractivity contribution < 1.29 is 4.74 Å². The molecule has 6 nitrogen and oxygen atoms in total. The number of aromatic nitrogens is 1. The molecule has 0 aliphatic carbocycles. The Morgan fingerprint density at radius 2 is 1.76 bits per heavy atom. The zero-order valence-electron chi connectivity index (χ0n) is 20.7. The fourth-order valence-electron chi connectivity index (χ4n) is 4.43. The highest BCUT2D eigenvalue weighted by Gasteiger charge is 2.18. The van der Waals surface area contributed by atoms with Gasteiger partial charge in [0, 0.05) is 49.5 Å². The third-order valence-corrected chi connectivity index (χ3v) is 6.74. The largest absolute Gasteiger partial charge is 0.494 e. The SMILES string of the molecule is CCOc1ccc(N(CC)C(=S)Nc2ccc3nc(N4CCN(CC)CC4)cc(C)c3c2)cc1. The first-order valence-electron chi connectivity index (χ1n) is 12.2. The van der Waals surface area contributed by atoms with Gasteiger partial charge in [-0.05, 0) is 93.6 Å². The zero-order chi connectivity index (χ0) is 24.1. The van der Waals surface area contributed by atoms with Crippen LogP contribution in [-0.4, -0.2) is 60.9 Å². The van der Waals surface area contributed by atoms with Crippen molar-refractivity contribution in [1.82, 2.24) is 9.88 Å². The summed E-state index contributed by atoms with van der Waals surface area (Å²) in [6.07, 6.45) is 0. The standard InChI is InChI=1S/C27H35N5OS/c1-5-30-14-16-31(17-15-30)26-18-20(4)24-19-21(8-13-25(24)29-26)28-27(34)32(6-2)22-9-11-23(12-10-22)33-7-3/h8-13,18-19H,5-7,14-17H2,1-4H3,(H,28,34). The fourth-order valence-corrected chi connectivity index (χ4v) is 4.79. The summed E-state index contributed by atoms with van der Waals surface area (Å²) in [6, 6.07) is 16.6. The maximum absolute atomic E-state index is 5.76. The number of pyridine rings is 1. The predicted octanol–water partition coefficient (Wildman–Crippen LogP) is 5.31. The number of aryl methyl sites for hydroxylation is 1. The molecular weight excluding hydrogens is 442 g/mol. The van der Waals surface area contributed by atoms with Crippen LogP contribution in [0.4, 0.5) is 17.2 Å². The van der Waals surface area contributed by atoms with Crippen molar-refractivity contribution in [3.63, 3.8) is 0 Å². The van der Waals surface area contributed by atoms with Gasteiger partial charge in [-0.15, -0.1) is 0 Å². The van der Waals surface area contributed by atoms with Gasteiger partial charge in [-0.3, -0.25) is 0 Å². The van der Waals surface area contributed by atoms with Crippen molar-refractivity contribution in [2.45, 2.75) is 27.7 Å². The molecule has 0 spiro atoms. The van der Waals surface area contributed by atoms with Crippen LogP contribution in [0.3, 0.4) is 0 Å². The maximum Gasteiger partial charge on any atom is 0.177 e. The average molecular weight is 478 g/mol. The van der Waals surface area contributed by atoms with Crippen LogP contribution >= 0.6 is 12.2 Å². The number of fused-ring (bicyclic) bond motifs is 1. The quantitative estimate of drug-likeness (QED) is 0.463. The normalized spacial score (nSPS) is 14.3. The van der Waals surface area contributed by atoms with Gasteiger partial charge in [0.1, 0.15) is 11.6 Å². The van der Waals surface area contributed by atoms with Gasteiger partial charge < -0.3 is 24.8 Å². The van der Waals surface area contributed by atoms with Crippen LogP contribution in [0.1, 0.15) is 26.3 Å². The van der Waals surface area contributed by atoms with E-state index in [-0.39, 0.29) is 0 Å². The number of rotatable bonds is 7. The lowest BCUT2D eigenvalue weighted by molar-refractivity contribution is 0.270. The van der Waals surface area contributed by atoms with Crippen molar-refractivity contribution in [2.24, 2.45) is 0 Å². The first-order chi connectivity index (χ1) is 16.5. The lowest BCUT2D eigenvalue weighted by Gasteiger charge is -2.35. The Morgan fingerprint density at radius 3 is 2.41 bits per heavy atom. The smallest absolute Gasteiger partial charge is 0.177 e. The van der Waals surface area contributed by atoms with E-state index in [2.05, 4.69) is 65.1 Å². The minimum atomic E-state index is 0.657. The lowest BCUT2D eigenvalue weighted by atomic mass is 10.1. The van der Waals surface area contributed by atoms with E-state index in [1.807, 2.05) is 31.2 Å². The molecule has 0 saturated carbocycles. The molecule has 4 rings (SSSR count). The topological polar surface area (TPSA) is 43.9 Å². The molecule has 1 saturated heterocycles. The highest BCUT2D eigenvalue weighted by Crippen LogP contribution is 2.27. The summed E-state index contributed by atoms with van der Waals surface area (Å²) in [5.41, 5.74) is 4.25. The Bertz CT molecular complexity index is 1130. The van der Waals surface area contributed by atoms with E-state index in [1.165, 1.54) is 5.56 Å². The molecule has 1 fully saturated rings. The van der Waals surface area contributed by atoms with Crippen molar-refractivity contribution in [3.8, 4) is 5.75 Å². The summed E-state index contributed by atoms with van der Waals surface area (Å²) in [6.45, 7) is 15.3. The zero-order valence-corrected chi connectivity index (χ0v) is 21.5. The highest BCUT2D eigenvalue weighted by molar-refractivity contribution is 7.80. The van der Waals surface area contributed by atoms with Crippen LogP contribution in [0, 0.1) is 6.92 Å². The van der Waals surface area contributed by atoms with E-state index in [1.54, 1.807) is 0 Å². The Labute approximate surface area is 208 Å². The van der Waals surface area contributed by atoms with E-state index in [0.717, 1.165) is 73.1 Å². The first-order valence-corrected chi connectivity index (χ1v) is 12.6. The summed E-state index contributed by atoms with van der Waals surface area (Å²) < 4.78 is 5.56. The van der Waals surface area contributed by atoms with Gasteiger partial charge in [-0.2, -0.15) is 0 Å². The second kappa shape index (κ2) is 11.0. The van der Waals surface area contributed by atoms with Gasteiger partial charge in [-0.1, -0.05) is 6.92 Å². The average Bonchev–Trinajstić information content (AvgIpc) is 2.86. The number of thiocarbonyl (C=S) groups is 1. The number of benzene rings is 2. The summed E-state index contributed by atoms with van der Waals surface area (Å²) >= 11 is 5.76. The molecule has 0 atom stereocenters. The lowest BCUT2D eigenvalue weighted by Crippen LogP contribution is -2.46. The van der Waals surface area contributed by atoms with Crippen LogP contribution in [-0.2, 0) is 0 Å². The monoisotopic (exact) mass is 477 g/mol. The van der Waals surface area contributed by atoms with Gasteiger partial charge in [0.05, 0.1) is 12.1 Å². The molecule has 180 valence electrons. The Kier molecular flexibility index (Phi) is 7.85. The van der Waals surface area contributed by atoms with Gasteiger partial charge in [0.2, 0.25) is 0 Å². The van der Waals surface area contributed by atoms with E-state index >= 15 is 0 Å². The van der Waals surface area contributed by atoms with Crippen LogP contribution < -0.4 is 19.9 Å². The Balaban J connectivity index is 1.49. The molecule has 0 bridgehead atoms. The van der Waals surface area contributed by atoms with E-state index in [4.69, 9.17) is 21.9 Å². The van der Waals surface area contributed by atoms with Crippen LogP contribution in [0.15, 0.2) is 48.5 Å². The number of nitrogens with zero attached hydrogens (tertiary/aromatic N) is 4. The molecule has 3 aromatic rings. The molecule has 0 radical (unpaired) electrons. The second-order valence-electron chi connectivity index (χ2n) is 8.55. The van der Waals surface area contributed by atoms with E-state index < -0.39 is 0 Å². The number of nitrogens with one attached hydrogen (secondary N) is 1. The third kappa shape index (κ3) is 5.42. The van der Waals surface area contributed by atoms with Crippen molar-refractivity contribution in [3.05, 3.63) is 54.1 Å². The van der Waals surface area contributed by atoms with Crippen molar-refractivity contribution >= 4 is 45.4 Å². The van der Waals surface area contributed by atoms with E-state index in [9.17, 15) is 0 Å². The number of likely N-dealkylation sites (N-methyl/N-ethyl adjacent to an activating group) is 1. The Morgan fingerprint density at radius 1 is 1.03 bits per heavy atom. The van der Waals surface area contributed by atoms with Gasteiger partial charge in [0.15, 0.2) is 5.11 Å². The number of ether oxygens (including phenoxy) is 1. The molecule has 1 aliphatic rings. The molecular formula is C27H35N5OS. The fraction of sp³-hybridized carbons (Fsp3) is 0.407. The van der Waals surface area contributed by atoms with Gasteiger partial charge >= 0.3 is 0 Å². The molecule has 7 heteroatoms. The molecule has 2 heterocycles. The summed E-state index contributed by atoms with van der Waals surface area (Å²) in [4.78, 5) is 11.9.